The summed E-state index contributed by atoms with van der Waals surface area (Å²) in [7, 11) is 3.02. The summed E-state index contributed by atoms with van der Waals surface area (Å²) in [5, 5.41) is 101. The molecule has 4 aliphatic carbocycles. The van der Waals surface area contributed by atoms with Gasteiger partial charge in [-0.2, -0.15) is 0 Å². The molecular weight excluding hydrogens is 1230 g/mol. The van der Waals surface area contributed by atoms with Crippen LogP contribution in [0.2, 0.25) is 0 Å². The van der Waals surface area contributed by atoms with Crippen molar-refractivity contribution in [3.63, 3.8) is 0 Å². The lowest BCUT2D eigenvalue weighted by Crippen LogP contribution is -2.75. The monoisotopic (exact) mass is 1330 g/mol. The molecule has 1 aromatic rings. The van der Waals surface area contributed by atoms with Gasteiger partial charge in [0.25, 0.3) is 0 Å². The molecule has 0 unspecified atom stereocenters. The predicted molar refractivity (Wildman–Crippen MR) is 327 cm³/mol. The highest BCUT2D eigenvalue weighted by atomic mass is 16.8. The normalized spacial score (nSPS) is 49.9. The van der Waals surface area contributed by atoms with Gasteiger partial charge in [0.2, 0.25) is 0 Å². The van der Waals surface area contributed by atoms with Crippen LogP contribution in [0.4, 0.5) is 0 Å². The van der Waals surface area contributed by atoms with E-state index in [0.717, 1.165) is 11.1 Å². The van der Waals surface area contributed by atoms with Crippen LogP contribution in [0.3, 0.4) is 0 Å². The Labute approximate surface area is 549 Å². The highest BCUT2D eigenvalue weighted by molar-refractivity contribution is 5.87. The van der Waals surface area contributed by atoms with E-state index in [9.17, 15) is 55.5 Å². The van der Waals surface area contributed by atoms with E-state index in [2.05, 4.69) is 6.92 Å². The van der Waals surface area contributed by atoms with Crippen LogP contribution in [0, 0.1) is 22.7 Å². The molecule has 11 rings (SSSR count). The molecule has 0 aromatic heterocycles. The molecule has 33 atom stereocenters. The highest BCUT2D eigenvalue weighted by Crippen LogP contribution is 2.70. The van der Waals surface area contributed by atoms with Gasteiger partial charge in [0.05, 0.1) is 73.8 Å². The number of esters is 1. The van der Waals surface area contributed by atoms with Gasteiger partial charge in [0.15, 0.2) is 37.7 Å². The van der Waals surface area contributed by atoms with Crippen LogP contribution >= 0.6 is 0 Å². The average molecular weight is 1340 g/mol. The number of rotatable bonds is 19. The summed E-state index contributed by atoms with van der Waals surface area (Å²) in [5.74, 6) is -1.83. The molecule has 0 radical (unpaired) electrons. The van der Waals surface area contributed by atoms with Gasteiger partial charge >= 0.3 is 5.97 Å². The first-order chi connectivity index (χ1) is 44.6. The molecule has 0 bridgehead atoms. The molecule has 530 valence electrons. The number of carbonyl (C=O) groups is 2. The highest BCUT2D eigenvalue weighted by Gasteiger charge is 2.77. The smallest absolute Gasteiger partial charge is 0.331 e. The Morgan fingerprint density at radius 3 is 1.59 bits per heavy atom. The molecule has 3 saturated carbocycles. The third kappa shape index (κ3) is 14.0. The maximum absolute atomic E-state index is 13.6. The van der Waals surface area contributed by atoms with E-state index in [4.69, 9.17) is 71.1 Å². The minimum Gasteiger partial charge on any atom is -0.458 e. The summed E-state index contributed by atoms with van der Waals surface area (Å²) >= 11 is 0. The van der Waals surface area contributed by atoms with Gasteiger partial charge in [-0.05, 0) is 104 Å². The number of fused-ring (bicyclic) bond motifs is 5. The number of Topliss-reactive ketones (excluding diaryl/α,β-unsaturated/α-hetero) is 1. The summed E-state index contributed by atoms with van der Waals surface area (Å²) in [5.41, 5.74) is -3.27. The molecule has 26 heteroatoms. The van der Waals surface area contributed by atoms with E-state index >= 15 is 0 Å². The summed E-state index contributed by atoms with van der Waals surface area (Å²) in [4.78, 5) is 26.9. The van der Waals surface area contributed by atoms with E-state index in [1.807, 2.05) is 57.2 Å². The quantitative estimate of drug-likeness (QED) is 0.0546. The lowest BCUT2D eigenvalue weighted by Gasteiger charge is -2.66. The number of ketones is 1. The van der Waals surface area contributed by atoms with Crippen molar-refractivity contribution in [1.29, 1.82) is 0 Å². The first kappa shape index (κ1) is 72.2. The Morgan fingerprint density at radius 1 is 0.596 bits per heavy atom. The van der Waals surface area contributed by atoms with Crippen LogP contribution in [0.5, 0.6) is 0 Å². The number of aliphatic hydroxyl groups is 9. The molecule has 9 N–H and O–H groups in total. The second-order valence-corrected chi connectivity index (χ2v) is 28.6. The summed E-state index contributed by atoms with van der Waals surface area (Å²) in [6.45, 7) is 13.6. The van der Waals surface area contributed by atoms with E-state index in [0.29, 0.717) is 25.7 Å². The lowest BCUT2D eigenvalue weighted by molar-refractivity contribution is -0.358. The van der Waals surface area contributed by atoms with E-state index in [1.54, 1.807) is 34.0 Å². The number of aliphatic hydroxyl groups excluding tert-OH is 7. The van der Waals surface area contributed by atoms with Gasteiger partial charge < -0.3 is 117 Å². The largest absolute Gasteiger partial charge is 0.458 e. The van der Waals surface area contributed by atoms with Gasteiger partial charge in [0.1, 0.15) is 78.0 Å². The van der Waals surface area contributed by atoms with Crippen LogP contribution in [0.15, 0.2) is 48.1 Å². The third-order valence-electron chi connectivity index (χ3n) is 22.9. The molecule has 10 aliphatic rings. The van der Waals surface area contributed by atoms with Crippen molar-refractivity contribution < 1.29 is 127 Å². The van der Waals surface area contributed by atoms with Gasteiger partial charge in [-0.3, -0.25) is 4.79 Å². The fraction of sp³-hybridized carbons (Fsp3) is 0.824. The minimum absolute atomic E-state index is 0.0110. The lowest BCUT2D eigenvalue weighted by atomic mass is 9.43. The van der Waals surface area contributed by atoms with Crippen molar-refractivity contribution in [2.45, 2.75) is 310 Å². The molecule has 6 heterocycles. The van der Waals surface area contributed by atoms with Crippen LogP contribution < -0.4 is 0 Å². The molecule has 6 saturated heterocycles. The maximum atomic E-state index is 13.6. The zero-order chi connectivity index (χ0) is 67.5. The van der Waals surface area contributed by atoms with Crippen molar-refractivity contribution in [2.24, 2.45) is 22.7 Å². The van der Waals surface area contributed by atoms with Crippen LogP contribution in [0.25, 0.3) is 6.08 Å². The number of ether oxygens (including phenoxy) is 15. The van der Waals surface area contributed by atoms with Crippen molar-refractivity contribution in [3.8, 4) is 0 Å². The third-order valence-corrected chi connectivity index (χ3v) is 22.9. The predicted octanol–water partition coefficient (Wildman–Crippen LogP) is 2.52. The Hall–Kier alpha value is -3.08. The Morgan fingerprint density at radius 2 is 1.09 bits per heavy atom. The van der Waals surface area contributed by atoms with Gasteiger partial charge in [-0.15, -0.1) is 0 Å². The van der Waals surface area contributed by atoms with E-state index < -0.39 is 206 Å². The zero-order valence-corrected chi connectivity index (χ0v) is 55.5. The molecule has 94 heavy (non-hydrogen) atoms. The fourth-order valence-corrected chi connectivity index (χ4v) is 17.6. The average Bonchev–Trinajstić information content (AvgIpc) is 1.32. The van der Waals surface area contributed by atoms with Gasteiger partial charge in [0, 0.05) is 69.7 Å². The molecular formula is C68H102O26. The molecule has 0 amide bonds. The van der Waals surface area contributed by atoms with Crippen LogP contribution in [0.1, 0.15) is 138 Å². The number of carbonyl (C=O) groups excluding carboxylic acids is 2. The summed E-state index contributed by atoms with van der Waals surface area (Å²) < 4.78 is 93.3. The maximum Gasteiger partial charge on any atom is 0.331 e. The topological polar surface area (TPSA) is 355 Å². The van der Waals surface area contributed by atoms with Gasteiger partial charge in [-0.25, -0.2) is 4.79 Å². The number of benzene rings is 1. The Balaban J connectivity index is 0.632. The summed E-state index contributed by atoms with van der Waals surface area (Å²) in [6, 6.07) is 9.38. The fourth-order valence-electron chi connectivity index (χ4n) is 17.6. The number of methoxy groups -OCH3 is 2. The molecule has 0 spiro atoms. The van der Waals surface area contributed by atoms with Crippen molar-refractivity contribution in [1.82, 2.24) is 0 Å². The standard InChI is InChI=1S/C68H102O26/c1-32(70)41-20-23-68(79)66(41,8)49(89-50(74)17-16-38-14-12-11-13-15-38)30-48-65(7)21-19-40(24-39(65)18-22-67(48,68)78)87-51-25-42(71)60(33(2)82-51)91-54-28-45(80-9)62(36(5)85-54)93-53-27-44(73)59(34(3)84-53)90-52-26-43(72)61(35(4)83-52)92-55-29-46(81-10)63(37(6)86-55)94-64-58(77)57(76)56(75)47(31-69)88-64/h11-18,33-37,40-49,51-64,69,71-73,75-79H,19-31H2,1-10H3/t33-,34-,35-,36-,37-,40+,41+,42+,43+,44-,45+,46+,47-,48-,49-,51+,52+,53+,54+,55+,56-,57+,58-,59-,60-,61-,62-,63-,64+,65+,66+,67+,68-/m1/s1. The van der Waals surface area contributed by atoms with Crippen molar-refractivity contribution in [3.05, 3.63) is 53.6 Å². The first-order valence-corrected chi connectivity index (χ1v) is 33.8. The van der Waals surface area contributed by atoms with Crippen LogP contribution in [-0.2, 0) is 80.6 Å². The SMILES string of the molecule is CO[C@H]1C[C@H](O[C@H]2[C@@H](O)C[C@H](O[C@H]3CC[C@@]4(C)C(=CC[C@]5(O)[C@@H]4C[C@@H](OC(=O)C=Cc4ccccc4)[C@]4(C)[C@H](C(C)=O)CC[C@@]45O)C3)O[C@@H]2C)O[C@H](C)[C@H]1O[C@H]1C[C@@H](O)[C@H](O[C@H]2C[C@H](O)[C@H](O[C@H]3C[C@H](OC)[C@H](O[C@@H]4O[C@H](CO)[C@@H](O)[C@H](O)[C@H]4O)[C@@H](C)O3)[C@@H](C)O2)[C@@H](C)O1. The summed E-state index contributed by atoms with van der Waals surface area (Å²) in [6.07, 6.45) is -16.2. The molecule has 1 aromatic carbocycles. The second kappa shape index (κ2) is 29.2. The number of hydrogen-bond acceptors (Lipinski definition) is 26. The number of hydrogen-bond donors (Lipinski definition) is 9. The Kier molecular flexibility index (Phi) is 22.5. The van der Waals surface area contributed by atoms with Crippen molar-refractivity contribution >= 4 is 17.8 Å². The Bertz CT molecular complexity index is 2740. The molecule has 9 fully saturated rings. The van der Waals surface area contributed by atoms with Crippen molar-refractivity contribution in [2.75, 3.05) is 20.8 Å². The van der Waals surface area contributed by atoms with Crippen LogP contribution in [-0.4, -0.2) is 256 Å². The molecule has 6 aliphatic heterocycles. The van der Waals surface area contributed by atoms with Gasteiger partial charge in [-0.1, -0.05) is 55.8 Å². The zero-order valence-electron chi connectivity index (χ0n) is 55.5. The second-order valence-electron chi connectivity index (χ2n) is 28.6. The minimum atomic E-state index is -1.72. The van der Waals surface area contributed by atoms with E-state index in [-0.39, 0.29) is 63.3 Å². The molecule has 26 nitrogen and oxygen atoms in total. The van der Waals surface area contributed by atoms with E-state index in [1.165, 1.54) is 20.1 Å². The first-order valence-electron chi connectivity index (χ1n) is 33.8.